The number of nitrogens with zero attached hydrogens (tertiary/aromatic N) is 1. The van der Waals surface area contributed by atoms with Crippen LogP contribution in [0.3, 0.4) is 0 Å². The van der Waals surface area contributed by atoms with Gasteiger partial charge in [0, 0.05) is 40.8 Å². The Labute approximate surface area is 184 Å². The molecule has 7 heteroatoms. The minimum atomic E-state index is -1.59. The Morgan fingerprint density at radius 3 is 2.84 bits per heavy atom. The summed E-state index contributed by atoms with van der Waals surface area (Å²) in [6.07, 6.45) is 4.71. The molecule has 2 aliphatic rings. The summed E-state index contributed by atoms with van der Waals surface area (Å²) in [5.41, 5.74) is 3.26. The van der Waals surface area contributed by atoms with Gasteiger partial charge in [0.05, 0.1) is 5.69 Å². The van der Waals surface area contributed by atoms with Crippen molar-refractivity contribution in [2.75, 3.05) is 18.4 Å². The number of ether oxygens (including phenoxy) is 1. The summed E-state index contributed by atoms with van der Waals surface area (Å²) in [5.74, 6) is -0.275. The molecule has 1 atom stereocenters. The number of hydrogen-bond acceptors (Lipinski definition) is 3. The summed E-state index contributed by atoms with van der Waals surface area (Å²) in [4.78, 5) is 31.0. The van der Waals surface area contributed by atoms with Gasteiger partial charge in [-0.05, 0) is 55.7 Å². The Bertz CT molecular complexity index is 1260. The number of aromatic nitrogens is 1. The molecule has 3 aromatic rings. The van der Waals surface area contributed by atoms with Crippen LogP contribution in [0.15, 0.2) is 48.7 Å². The SMILES string of the molecule is Cc1ccc2c(c1)NC(=O)C(C)(C(=O)N1CC=C(c3c[nH]c4cc(Cl)ccc34)CC1)O2. The van der Waals surface area contributed by atoms with Gasteiger partial charge < -0.3 is 19.9 Å². The van der Waals surface area contributed by atoms with E-state index in [1.165, 1.54) is 6.92 Å². The molecule has 0 saturated heterocycles. The zero-order valence-electron chi connectivity index (χ0n) is 17.3. The van der Waals surface area contributed by atoms with Gasteiger partial charge in [-0.1, -0.05) is 29.8 Å². The molecule has 2 amide bonds. The van der Waals surface area contributed by atoms with E-state index in [0.29, 0.717) is 36.0 Å². The van der Waals surface area contributed by atoms with Crippen LogP contribution >= 0.6 is 11.6 Å². The predicted octanol–water partition coefficient (Wildman–Crippen LogP) is 4.54. The Kier molecular flexibility index (Phi) is 4.55. The minimum Gasteiger partial charge on any atom is -0.466 e. The molecule has 0 radical (unpaired) electrons. The van der Waals surface area contributed by atoms with Gasteiger partial charge in [0.2, 0.25) is 0 Å². The fraction of sp³-hybridized carbons (Fsp3) is 0.250. The van der Waals surface area contributed by atoms with Gasteiger partial charge in [0.1, 0.15) is 5.75 Å². The molecule has 1 aromatic heterocycles. The molecule has 5 rings (SSSR count). The first-order valence-corrected chi connectivity index (χ1v) is 10.6. The van der Waals surface area contributed by atoms with Crippen LogP contribution in [-0.2, 0) is 9.59 Å². The van der Waals surface area contributed by atoms with Crippen LogP contribution in [0.5, 0.6) is 5.75 Å². The van der Waals surface area contributed by atoms with Crippen molar-refractivity contribution in [2.24, 2.45) is 0 Å². The molecule has 2 aliphatic heterocycles. The number of nitrogens with one attached hydrogen (secondary N) is 2. The van der Waals surface area contributed by atoms with E-state index in [4.69, 9.17) is 16.3 Å². The number of H-pyrrole nitrogens is 1. The van der Waals surface area contributed by atoms with Gasteiger partial charge in [-0.2, -0.15) is 0 Å². The van der Waals surface area contributed by atoms with E-state index in [2.05, 4.69) is 10.3 Å². The van der Waals surface area contributed by atoms with Crippen molar-refractivity contribution in [3.63, 3.8) is 0 Å². The quantitative estimate of drug-likeness (QED) is 0.580. The molecule has 2 aromatic carbocycles. The van der Waals surface area contributed by atoms with E-state index in [1.54, 1.807) is 11.0 Å². The first-order chi connectivity index (χ1) is 14.8. The second-order valence-electron chi connectivity index (χ2n) is 8.21. The smallest absolute Gasteiger partial charge is 0.278 e. The van der Waals surface area contributed by atoms with Gasteiger partial charge in [0.15, 0.2) is 0 Å². The lowest BCUT2D eigenvalue weighted by Gasteiger charge is -2.38. The first-order valence-electron chi connectivity index (χ1n) is 10.2. The third kappa shape index (κ3) is 3.27. The van der Waals surface area contributed by atoms with Gasteiger partial charge in [-0.3, -0.25) is 9.59 Å². The molecule has 158 valence electrons. The van der Waals surface area contributed by atoms with Crippen molar-refractivity contribution in [3.8, 4) is 5.75 Å². The van der Waals surface area contributed by atoms with Crippen molar-refractivity contribution in [2.45, 2.75) is 25.9 Å². The lowest BCUT2D eigenvalue weighted by molar-refractivity contribution is -0.154. The number of aromatic amines is 1. The zero-order chi connectivity index (χ0) is 21.8. The highest BCUT2D eigenvalue weighted by atomic mass is 35.5. The summed E-state index contributed by atoms with van der Waals surface area (Å²) in [7, 11) is 0. The van der Waals surface area contributed by atoms with Crippen molar-refractivity contribution in [1.82, 2.24) is 9.88 Å². The number of carbonyl (C=O) groups excluding carboxylic acids is 2. The van der Waals surface area contributed by atoms with Crippen LogP contribution < -0.4 is 10.1 Å². The predicted molar refractivity (Wildman–Crippen MR) is 121 cm³/mol. The van der Waals surface area contributed by atoms with E-state index in [0.717, 1.165) is 27.6 Å². The Morgan fingerprint density at radius 2 is 2.06 bits per heavy atom. The largest absolute Gasteiger partial charge is 0.466 e. The normalized spacial score (nSPS) is 20.7. The Morgan fingerprint density at radius 1 is 1.23 bits per heavy atom. The summed E-state index contributed by atoms with van der Waals surface area (Å²) >= 11 is 6.08. The van der Waals surface area contributed by atoms with E-state index >= 15 is 0 Å². The van der Waals surface area contributed by atoms with E-state index in [-0.39, 0.29) is 5.91 Å². The topological polar surface area (TPSA) is 74.4 Å². The second-order valence-corrected chi connectivity index (χ2v) is 8.65. The monoisotopic (exact) mass is 435 g/mol. The van der Waals surface area contributed by atoms with Crippen LogP contribution in [-0.4, -0.2) is 40.4 Å². The molecule has 31 heavy (non-hydrogen) atoms. The van der Waals surface area contributed by atoms with Crippen LogP contribution in [0.2, 0.25) is 5.02 Å². The maximum atomic E-state index is 13.3. The van der Waals surface area contributed by atoms with Crippen LogP contribution in [0.25, 0.3) is 16.5 Å². The molecule has 0 saturated carbocycles. The average Bonchev–Trinajstić information content (AvgIpc) is 3.17. The van der Waals surface area contributed by atoms with Gasteiger partial charge in [-0.15, -0.1) is 0 Å². The zero-order valence-corrected chi connectivity index (χ0v) is 18.0. The number of carbonyl (C=O) groups is 2. The maximum Gasteiger partial charge on any atom is 0.278 e. The molecular formula is C24H22ClN3O3. The Balaban J connectivity index is 1.37. The Hall–Kier alpha value is -3.25. The second kappa shape index (κ2) is 7.17. The number of anilines is 1. The lowest BCUT2D eigenvalue weighted by atomic mass is 9.96. The third-order valence-corrected chi connectivity index (χ3v) is 6.26. The molecule has 2 N–H and O–H groups in total. The molecular weight excluding hydrogens is 414 g/mol. The number of rotatable bonds is 2. The fourth-order valence-electron chi connectivity index (χ4n) is 4.24. The van der Waals surface area contributed by atoms with Gasteiger partial charge in [0.25, 0.3) is 17.4 Å². The first kappa shape index (κ1) is 19.7. The van der Waals surface area contributed by atoms with Crippen molar-refractivity contribution in [3.05, 3.63) is 64.8 Å². The molecule has 0 spiro atoms. The molecule has 0 fully saturated rings. The average molecular weight is 436 g/mol. The highest BCUT2D eigenvalue weighted by molar-refractivity contribution is 6.31. The van der Waals surface area contributed by atoms with E-state index in [9.17, 15) is 9.59 Å². The van der Waals surface area contributed by atoms with Gasteiger partial charge >= 0.3 is 0 Å². The summed E-state index contributed by atoms with van der Waals surface area (Å²) in [5, 5.41) is 4.61. The van der Waals surface area contributed by atoms with Crippen LogP contribution in [0, 0.1) is 6.92 Å². The highest BCUT2D eigenvalue weighted by Gasteiger charge is 2.49. The van der Waals surface area contributed by atoms with Crippen molar-refractivity contribution >= 4 is 45.6 Å². The standard InChI is InChI=1S/C24H22ClN3O3/c1-14-3-6-21-20(11-14)27-22(29)24(2,31-21)23(30)28-9-7-15(8-10-28)18-13-26-19-12-16(25)4-5-17(18)19/h3-7,11-13,26H,8-10H2,1-2H3,(H,27,29). The summed E-state index contributed by atoms with van der Waals surface area (Å²) in [6.45, 7) is 4.40. The molecule has 1 unspecified atom stereocenters. The summed E-state index contributed by atoms with van der Waals surface area (Å²) < 4.78 is 5.93. The number of amides is 2. The van der Waals surface area contributed by atoms with Crippen molar-refractivity contribution in [1.29, 1.82) is 0 Å². The van der Waals surface area contributed by atoms with Crippen LogP contribution in [0.4, 0.5) is 5.69 Å². The number of benzene rings is 2. The molecule has 0 bridgehead atoms. The fourth-order valence-corrected chi connectivity index (χ4v) is 4.42. The lowest BCUT2D eigenvalue weighted by Crippen LogP contribution is -2.60. The minimum absolute atomic E-state index is 0.336. The third-order valence-electron chi connectivity index (χ3n) is 6.02. The number of aryl methyl sites for hydroxylation is 1. The van der Waals surface area contributed by atoms with E-state index < -0.39 is 11.5 Å². The maximum absolute atomic E-state index is 13.3. The highest BCUT2D eigenvalue weighted by Crippen LogP contribution is 2.36. The number of halogens is 1. The van der Waals surface area contributed by atoms with Gasteiger partial charge in [-0.25, -0.2) is 0 Å². The molecule has 3 heterocycles. The molecule has 6 nitrogen and oxygen atoms in total. The van der Waals surface area contributed by atoms with Crippen LogP contribution in [0.1, 0.15) is 24.5 Å². The van der Waals surface area contributed by atoms with E-state index in [1.807, 2.05) is 49.5 Å². The molecule has 0 aliphatic carbocycles. The van der Waals surface area contributed by atoms with Crippen molar-refractivity contribution < 1.29 is 14.3 Å². The number of hydrogen-bond donors (Lipinski definition) is 2. The number of fused-ring (bicyclic) bond motifs is 2. The summed E-state index contributed by atoms with van der Waals surface area (Å²) in [6, 6.07) is 11.3.